The third kappa shape index (κ3) is 4.41. The molecule has 0 fully saturated rings. The summed E-state index contributed by atoms with van der Waals surface area (Å²) in [6.45, 7) is 2.29. The maximum Gasteiger partial charge on any atom is 0.157 e. The molecule has 0 amide bonds. The molecule has 0 unspecified atom stereocenters. The molecule has 0 aliphatic heterocycles. The van der Waals surface area contributed by atoms with E-state index in [1.54, 1.807) is 24.8 Å². The number of halogens is 3. The minimum absolute atomic E-state index is 0.00791. The highest BCUT2D eigenvalue weighted by molar-refractivity contribution is 7.99. The van der Waals surface area contributed by atoms with Gasteiger partial charge in [0.15, 0.2) is 5.75 Å². The van der Waals surface area contributed by atoms with Crippen LogP contribution in [0.4, 0.5) is 5.69 Å². The standard InChI is InChI=1S/C20H16Cl3NOS/c1-12-16(22)10-17(20(25)19(12)23)24-11-13-5-2-3-8-18(13)26-15-7-4-6-14(21)9-15/h2-10,24-25H,11H2,1H3. The first-order valence-corrected chi connectivity index (χ1v) is 9.83. The van der Waals surface area contributed by atoms with E-state index >= 15 is 0 Å². The molecule has 0 aliphatic rings. The van der Waals surface area contributed by atoms with Gasteiger partial charge in [0.05, 0.1) is 10.7 Å². The summed E-state index contributed by atoms with van der Waals surface area (Å²) in [4.78, 5) is 2.17. The number of phenols is 1. The van der Waals surface area contributed by atoms with E-state index in [-0.39, 0.29) is 10.8 Å². The van der Waals surface area contributed by atoms with Gasteiger partial charge in [0.2, 0.25) is 0 Å². The third-order valence-corrected chi connectivity index (χ3v) is 6.09. The van der Waals surface area contributed by atoms with Gasteiger partial charge in [-0.15, -0.1) is 0 Å². The molecule has 6 heteroatoms. The molecule has 26 heavy (non-hydrogen) atoms. The Morgan fingerprint density at radius 1 is 1.00 bits per heavy atom. The summed E-state index contributed by atoms with van der Waals surface area (Å²) in [5.41, 5.74) is 2.26. The smallest absolute Gasteiger partial charge is 0.157 e. The monoisotopic (exact) mass is 423 g/mol. The summed E-state index contributed by atoms with van der Waals surface area (Å²) in [5, 5.41) is 14.9. The predicted molar refractivity (Wildman–Crippen MR) is 112 cm³/mol. The van der Waals surface area contributed by atoms with Crippen LogP contribution >= 0.6 is 46.6 Å². The molecule has 3 aromatic rings. The minimum atomic E-state index is 0.00791. The van der Waals surface area contributed by atoms with Crippen molar-refractivity contribution in [3.05, 3.63) is 80.8 Å². The van der Waals surface area contributed by atoms with Crippen molar-refractivity contribution >= 4 is 52.3 Å². The molecule has 0 radical (unpaired) electrons. The molecule has 3 rings (SSSR count). The highest BCUT2D eigenvalue weighted by Crippen LogP contribution is 2.39. The van der Waals surface area contributed by atoms with Crippen LogP contribution in [-0.2, 0) is 6.54 Å². The summed E-state index contributed by atoms with van der Waals surface area (Å²) in [6.07, 6.45) is 0. The average molecular weight is 425 g/mol. The van der Waals surface area contributed by atoms with Gasteiger partial charge in [-0.1, -0.05) is 70.8 Å². The zero-order valence-electron chi connectivity index (χ0n) is 13.9. The van der Waals surface area contributed by atoms with Crippen LogP contribution < -0.4 is 5.32 Å². The number of benzene rings is 3. The van der Waals surface area contributed by atoms with Crippen molar-refractivity contribution in [3.63, 3.8) is 0 Å². The maximum absolute atomic E-state index is 10.2. The van der Waals surface area contributed by atoms with Gasteiger partial charge in [-0.2, -0.15) is 0 Å². The molecule has 2 nitrogen and oxygen atoms in total. The van der Waals surface area contributed by atoms with Crippen LogP contribution in [0.25, 0.3) is 0 Å². The van der Waals surface area contributed by atoms with Crippen LogP contribution in [0, 0.1) is 6.92 Å². The second-order valence-electron chi connectivity index (χ2n) is 5.71. The lowest BCUT2D eigenvalue weighted by Crippen LogP contribution is -2.02. The highest BCUT2D eigenvalue weighted by atomic mass is 35.5. The van der Waals surface area contributed by atoms with Gasteiger partial charge in [0.25, 0.3) is 0 Å². The van der Waals surface area contributed by atoms with Crippen molar-refractivity contribution < 1.29 is 5.11 Å². The van der Waals surface area contributed by atoms with E-state index in [2.05, 4.69) is 11.4 Å². The Morgan fingerprint density at radius 3 is 2.54 bits per heavy atom. The van der Waals surface area contributed by atoms with Crippen LogP contribution in [0.15, 0.2) is 64.4 Å². The van der Waals surface area contributed by atoms with Gasteiger partial charge < -0.3 is 10.4 Å². The lowest BCUT2D eigenvalue weighted by molar-refractivity contribution is 0.477. The largest absolute Gasteiger partial charge is 0.504 e. The molecular weight excluding hydrogens is 409 g/mol. The number of anilines is 1. The van der Waals surface area contributed by atoms with E-state index in [9.17, 15) is 5.11 Å². The van der Waals surface area contributed by atoms with Crippen molar-refractivity contribution in [3.8, 4) is 5.75 Å². The van der Waals surface area contributed by atoms with Gasteiger partial charge in [-0.3, -0.25) is 0 Å². The van der Waals surface area contributed by atoms with Gasteiger partial charge in [-0.05, 0) is 48.4 Å². The Bertz CT molecular complexity index is 946. The molecule has 134 valence electrons. The molecule has 3 aromatic carbocycles. The third-order valence-electron chi connectivity index (χ3n) is 3.89. The maximum atomic E-state index is 10.2. The number of hydrogen-bond acceptors (Lipinski definition) is 3. The summed E-state index contributed by atoms with van der Waals surface area (Å²) in [6, 6.07) is 17.5. The van der Waals surface area contributed by atoms with E-state index < -0.39 is 0 Å². The molecule has 0 bridgehead atoms. The second-order valence-corrected chi connectivity index (χ2v) is 8.05. The molecule has 0 heterocycles. The van der Waals surface area contributed by atoms with E-state index in [1.807, 2.05) is 42.5 Å². The van der Waals surface area contributed by atoms with Crippen LogP contribution in [0.3, 0.4) is 0 Å². The van der Waals surface area contributed by atoms with E-state index in [4.69, 9.17) is 34.8 Å². The second kappa shape index (κ2) is 8.45. The fourth-order valence-corrected chi connectivity index (χ4v) is 4.15. The van der Waals surface area contributed by atoms with Gasteiger partial charge in [0.1, 0.15) is 0 Å². The Morgan fingerprint density at radius 2 is 1.77 bits per heavy atom. The summed E-state index contributed by atoms with van der Waals surface area (Å²) < 4.78 is 0. The Hall–Kier alpha value is -1.52. The topological polar surface area (TPSA) is 32.3 Å². The fraction of sp³-hybridized carbons (Fsp3) is 0.100. The average Bonchev–Trinajstić information content (AvgIpc) is 2.63. The zero-order chi connectivity index (χ0) is 18.7. The quantitative estimate of drug-likeness (QED) is 0.418. The Labute approximate surface area is 172 Å². The summed E-state index contributed by atoms with van der Waals surface area (Å²) >= 11 is 20.0. The SMILES string of the molecule is Cc1c(Cl)cc(NCc2ccccc2Sc2cccc(Cl)c2)c(O)c1Cl. The first-order valence-electron chi connectivity index (χ1n) is 7.88. The van der Waals surface area contributed by atoms with Crippen molar-refractivity contribution in [2.24, 2.45) is 0 Å². The highest BCUT2D eigenvalue weighted by Gasteiger charge is 2.13. The lowest BCUT2D eigenvalue weighted by Gasteiger charge is -2.14. The van der Waals surface area contributed by atoms with Crippen LogP contribution in [0.5, 0.6) is 5.75 Å². The van der Waals surface area contributed by atoms with Crippen LogP contribution in [-0.4, -0.2) is 5.11 Å². The number of aromatic hydroxyl groups is 1. The van der Waals surface area contributed by atoms with Crippen molar-refractivity contribution in [2.45, 2.75) is 23.3 Å². The Balaban J connectivity index is 1.81. The predicted octanol–water partition coefficient (Wildman–Crippen LogP) is 7.42. The van der Waals surface area contributed by atoms with Crippen molar-refractivity contribution in [1.29, 1.82) is 0 Å². The minimum Gasteiger partial charge on any atom is -0.504 e. The van der Waals surface area contributed by atoms with Crippen molar-refractivity contribution in [2.75, 3.05) is 5.32 Å². The first kappa shape index (κ1) is 19.2. The molecule has 2 N–H and O–H groups in total. The zero-order valence-corrected chi connectivity index (χ0v) is 17.0. The molecule has 0 spiro atoms. The summed E-state index contributed by atoms with van der Waals surface area (Å²) in [5.74, 6) is 0.00791. The molecule has 0 aliphatic carbocycles. The van der Waals surface area contributed by atoms with E-state index in [0.29, 0.717) is 27.8 Å². The molecule has 0 atom stereocenters. The fourth-order valence-electron chi connectivity index (χ4n) is 2.44. The molecule has 0 saturated heterocycles. The molecule has 0 aromatic heterocycles. The van der Waals surface area contributed by atoms with E-state index in [1.165, 1.54) is 0 Å². The van der Waals surface area contributed by atoms with Gasteiger partial charge in [-0.25, -0.2) is 0 Å². The number of hydrogen-bond donors (Lipinski definition) is 2. The van der Waals surface area contributed by atoms with E-state index in [0.717, 1.165) is 15.4 Å². The van der Waals surface area contributed by atoms with Crippen molar-refractivity contribution in [1.82, 2.24) is 0 Å². The number of phenolic OH excluding ortho intramolecular Hbond substituents is 1. The van der Waals surface area contributed by atoms with Gasteiger partial charge >= 0.3 is 0 Å². The van der Waals surface area contributed by atoms with Crippen LogP contribution in [0.1, 0.15) is 11.1 Å². The van der Waals surface area contributed by atoms with Gasteiger partial charge in [0, 0.05) is 26.4 Å². The Kier molecular flexibility index (Phi) is 6.25. The lowest BCUT2D eigenvalue weighted by atomic mass is 10.2. The molecule has 0 saturated carbocycles. The molecular formula is C20H16Cl3NOS. The van der Waals surface area contributed by atoms with Crippen LogP contribution in [0.2, 0.25) is 15.1 Å². The first-order chi connectivity index (χ1) is 12.5. The number of rotatable bonds is 5. The normalized spacial score (nSPS) is 10.8. The summed E-state index contributed by atoms with van der Waals surface area (Å²) in [7, 11) is 0. The number of nitrogens with one attached hydrogen (secondary N) is 1.